The van der Waals surface area contributed by atoms with E-state index >= 15 is 0 Å². The van der Waals surface area contributed by atoms with Crippen LogP contribution in [0.3, 0.4) is 0 Å². The topological polar surface area (TPSA) is 54.7 Å². The van der Waals surface area contributed by atoms with E-state index in [-0.39, 0.29) is 6.04 Å². The minimum absolute atomic E-state index is 0.264. The molecule has 1 unspecified atom stereocenters. The number of nitrogens with one attached hydrogen (secondary N) is 1. The van der Waals surface area contributed by atoms with E-state index in [1.165, 1.54) is 37.1 Å². The highest BCUT2D eigenvalue weighted by Gasteiger charge is 2.21. The largest absolute Gasteiger partial charge is 0.346 e. The molecule has 0 saturated heterocycles. The number of H-pyrrole nitrogens is 1. The van der Waals surface area contributed by atoms with Crippen molar-refractivity contribution in [1.29, 1.82) is 0 Å². The number of aromatic nitrogens is 2. The van der Waals surface area contributed by atoms with Crippen LogP contribution < -0.4 is 5.73 Å². The molecule has 0 spiro atoms. The molecule has 3 N–H and O–H groups in total. The molecule has 0 aromatic carbocycles. The number of hydrogen-bond acceptors (Lipinski definition) is 2. The molecule has 3 heteroatoms. The van der Waals surface area contributed by atoms with E-state index in [1.807, 2.05) is 6.92 Å². The zero-order chi connectivity index (χ0) is 11.5. The number of imidazole rings is 1. The smallest absolute Gasteiger partial charge is 0.106 e. The van der Waals surface area contributed by atoms with Gasteiger partial charge in [-0.3, -0.25) is 0 Å². The molecule has 1 aromatic heterocycles. The maximum absolute atomic E-state index is 5.77. The first-order valence-electron chi connectivity index (χ1n) is 6.47. The molecule has 90 valence electrons. The quantitative estimate of drug-likeness (QED) is 0.821. The number of nitrogens with two attached hydrogens (primary N) is 1. The molecule has 1 atom stereocenters. The number of aryl methyl sites for hydroxylation is 2. The van der Waals surface area contributed by atoms with Crippen molar-refractivity contribution in [3.63, 3.8) is 0 Å². The molecule has 1 aromatic rings. The minimum Gasteiger partial charge on any atom is -0.346 e. The van der Waals surface area contributed by atoms with Crippen molar-refractivity contribution in [2.24, 2.45) is 5.73 Å². The predicted molar refractivity (Wildman–Crippen MR) is 66.5 cm³/mol. The number of aromatic amines is 1. The molecule has 0 amide bonds. The van der Waals surface area contributed by atoms with Crippen molar-refractivity contribution in [2.45, 2.75) is 64.3 Å². The Balaban J connectivity index is 2.03. The first-order chi connectivity index (χ1) is 7.66. The van der Waals surface area contributed by atoms with Gasteiger partial charge in [0.2, 0.25) is 0 Å². The van der Waals surface area contributed by atoms with Gasteiger partial charge in [0.25, 0.3) is 0 Å². The lowest BCUT2D eigenvalue weighted by Crippen LogP contribution is -2.15. The van der Waals surface area contributed by atoms with Gasteiger partial charge >= 0.3 is 0 Å². The average Bonchev–Trinajstić information content (AvgIpc) is 2.83. The first-order valence-corrected chi connectivity index (χ1v) is 6.47. The lowest BCUT2D eigenvalue weighted by molar-refractivity contribution is 0.646. The van der Waals surface area contributed by atoms with Crippen molar-refractivity contribution < 1.29 is 0 Å². The summed E-state index contributed by atoms with van der Waals surface area (Å²) < 4.78 is 0. The second-order valence-electron chi connectivity index (χ2n) is 5.19. The van der Waals surface area contributed by atoms with Crippen LogP contribution in [0.4, 0.5) is 0 Å². The molecule has 1 aliphatic carbocycles. The van der Waals surface area contributed by atoms with Crippen LogP contribution in [0.2, 0.25) is 0 Å². The molecular formula is C13H23N3. The normalized spacial score (nSPS) is 19.2. The van der Waals surface area contributed by atoms with Gasteiger partial charge < -0.3 is 10.7 Å². The molecule has 2 rings (SSSR count). The van der Waals surface area contributed by atoms with E-state index < -0.39 is 0 Å². The SMILES string of the molecule is Cc1[nH]c(CCC(C)N)nc1C1CCCC1. The third kappa shape index (κ3) is 2.64. The van der Waals surface area contributed by atoms with Gasteiger partial charge in [-0.1, -0.05) is 12.8 Å². The molecule has 0 radical (unpaired) electrons. The highest BCUT2D eigenvalue weighted by molar-refractivity contribution is 5.18. The molecule has 1 fully saturated rings. The zero-order valence-corrected chi connectivity index (χ0v) is 10.4. The van der Waals surface area contributed by atoms with Crippen LogP contribution in [0.15, 0.2) is 0 Å². The molecule has 0 aliphatic heterocycles. The van der Waals surface area contributed by atoms with E-state index in [2.05, 4.69) is 11.9 Å². The van der Waals surface area contributed by atoms with Crippen LogP contribution in [0.5, 0.6) is 0 Å². The number of rotatable bonds is 4. The van der Waals surface area contributed by atoms with Crippen molar-refractivity contribution in [1.82, 2.24) is 9.97 Å². The fourth-order valence-electron chi connectivity index (χ4n) is 2.62. The molecular weight excluding hydrogens is 198 g/mol. The van der Waals surface area contributed by atoms with Gasteiger partial charge in [-0.15, -0.1) is 0 Å². The maximum atomic E-state index is 5.77. The molecule has 16 heavy (non-hydrogen) atoms. The summed E-state index contributed by atoms with van der Waals surface area (Å²) in [6, 6.07) is 0.264. The van der Waals surface area contributed by atoms with Gasteiger partial charge in [0.15, 0.2) is 0 Å². The number of hydrogen-bond donors (Lipinski definition) is 2. The van der Waals surface area contributed by atoms with E-state index in [1.54, 1.807) is 0 Å². The molecule has 1 aliphatic rings. The van der Waals surface area contributed by atoms with Crippen LogP contribution >= 0.6 is 0 Å². The van der Waals surface area contributed by atoms with Gasteiger partial charge in [-0.25, -0.2) is 4.98 Å². The van der Waals surface area contributed by atoms with Gasteiger partial charge in [-0.05, 0) is 33.1 Å². The summed E-state index contributed by atoms with van der Waals surface area (Å²) in [5.41, 5.74) is 8.35. The first kappa shape index (κ1) is 11.6. The predicted octanol–water partition coefficient (Wildman–Crippen LogP) is 2.66. The molecule has 3 nitrogen and oxygen atoms in total. The van der Waals surface area contributed by atoms with Crippen molar-refractivity contribution >= 4 is 0 Å². The fraction of sp³-hybridized carbons (Fsp3) is 0.769. The Labute approximate surface area is 97.8 Å². The van der Waals surface area contributed by atoms with Crippen molar-refractivity contribution in [3.8, 4) is 0 Å². The highest BCUT2D eigenvalue weighted by atomic mass is 14.9. The van der Waals surface area contributed by atoms with Gasteiger partial charge in [-0.2, -0.15) is 0 Å². The summed E-state index contributed by atoms with van der Waals surface area (Å²) in [5, 5.41) is 0. The summed E-state index contributed by atoms with van der Waals surface area (Å²) in [6.45, 7) is 4.20. The molecule has 1 saturated carbocycles. The van der Waals surface area contributed by atoms with E-state index in [0.29, 0.717) is 5.92 Å². The van der Waals surface area contributed by atoms with Gasteiger partial charge in [0.1, 0.15) is 5.82 Å². The van der Waals surface area contributed by atoms with E-state index in [0.717, 1.165) is 18.7 Å². The third-order valence-electron chi connectivity index (χ3n) is 3.55. The Hall–Kier alpha value is -0.830. The summed E-state index contributed by atoms with van der Waals surface area (Å²) in [6.07, 6.45) is 7.36. The second-order valence-corrected chi connectivity index (χ2v) is 5.19. The fourth-order valence-corrected chi connectivity index (χ4v) is 2.62. The lowest BCUT2D eigenvalue weighted by Gasteiger charge is -2.05. The van der Waals surface area contributed by atoms with Gasteiger partial charge in [0.05, 0.1) is 5.69 Å². The van der Waals surface area contributed by atoms with Crippen LogP contribution in [-0.4, -0.2) is 16.0 Å². The minimum atomic E-state index is 0.264. The van der Waals surface area contributed by atoms with E-state index in [4.69, 9.17) is 10.7 Å². The zero-order valence-electron chi connectivity index (χ0n) is 10.4. The third-order valence-corrected chi connectivity index (χ3v) is 3.55. The molecule has 1 heterocycles. The Morgan fingerprint density at radius 3 is 2.75 bits per heavy atom. The van der Waals surface area contributed by atoms with Gasteiger partial charge in [0, 0.05) is 24.1 Å². The number of nitrogens with zero attached hydrogens (tertiary/aromatic N) is 1. The summed E-state index contributed by atoms with van der Waals surface area (Å²) >= 11 is 0. The van der Waals surface area contributed by atoms with Crippen LogP contribution in [0.25, 0.3) is 0 Å². The van der Waals surface area contributed by atoms with Crippen molar-refractivity contribution in [2.75, 3.05) is 0 Å². The van der Waals surface area contributed by atoms with E-state index in [9.17, 15) is 0 Å². The Bertz CT molecular complexity index is 335. The summed E-state index contributed by atoms with van der Waals surface area (Å²) in [5.74, 6) is 1.83. The second kappa shape index (κ2) is 5.00. The Morgan fingerprint density at radius 1 is 1.44 bits per heavy atom. The Kier molecular flexibility index (Phi) is 3.64. The maximum Gasteiger partial charge on any atom is 0.106 e. The summed E-state index contributed by atoms with van der Waals surface area (Å²) in [4.78, 5) is 8.16. The Morgan fingerprint density at radius 2 is 2.12 bits per heavy atom. The highest BCUT2D eigenvalue weighted by Crippen LogP contribution is 2.34. The van der Waals surface area contributed by atoms with Crippen LogP contribution in [0, 0.1) is 6.92 Å². The summed E-state index contributed by atoms with van der Waals surface area (Å²) in [7, 11) is 0. The van der Waals surface area contributed by atoms with Crippen LogP contribution in [-0.2, 0) is 6.42 Å². The molecule has 0 bridgehead atoms. The van der Waals surface area contributed by atoms with Crippen LogP contribution in [0.1, 0.15) is 62.2 Å². The standard InChI is InChI=1S/C13H23N3/c1-9(14)7-8-12-15-10(2)13(16-12)11-5-3-4-6-11/h9,11H,3-8,14H2,1-2H3,(H,15,16). The van der Waals surface area contributed by atoms with Crippen molar-refractivity contribution in [3.05, 3.63) is 17.2 Å². The average molecular weight is 221 g/mol. The monoisotopic (exact) mass is 221 g/mol. The lowest BCUT2D eigenvalue weighted by atomic mass is 10.0.